The van der Waals surface area contributed by atoms with Crippen LogP contribution in [0.3, 0.4) is 0 Å². The molecule has 0 radical (unpaired) electrons. The molecular weight excluding hydrogens is 214 g/mol. The number of hydrogen-bond acceptors (Lipinski definition) is 3. The summed E-state index contributed by atoms with van der Waals surface area (Å²) in [6.45, 7) is 7.90. The van der Waals surface area contributed by atoms with E-state index in [1.54, 1.807) is 0 Å². The Balaban J connectivity index is 3.67. The molecule has 3 heteroatoms. The van der Waals surface area contributed by atoms with Gasteiger partial charge in [0.25, 0.3) is 0 Å². The third kappa shape index (κ3) is 9.57. The van der Waals surface area contributed by atoms with Crippen molar-refractivity contribution in [2.45, 2.75) is 65.1 Å². The van der Waals surface area contributed by atoms with Crippen LogP contribution in [0.25, 0.3) is 0 Å². The monoisotopic (exact) mass is 245 g/mol. The summed E-state index contributed by atoms with van der Waals surface area (Å²) in [4.78, 5) is 2.11. The lowest BCUT2D eigenvalue weighted by Gasteiger charge is -2.24. The van der Waals surface area contributed by atoms with Crippen molar-refractivity contribution in [3.63, 3.8) is 0 Å². The van der Waals surface area contributed by atoms with E-state index in [0.29, 0.717) is 18.9 Å². The first-order chi connectivity index (χ1) is 7.97. The quantitative estimate of drug-likeness (QED) is 0.580. The van der Waals surface area contributed by atoms with Crippen molar-refractivity contribution >= 4 is 0 Å². The van der Waals surface area contributed by atoms with Gasteiger partial charge in [0.2, 0.25) is 0 Å². The zero-order valence-corrected chi connectivity index (χ0v) is 12.0. The summed E-state index contributed by atoms with van der Waals surface area (Å²) < 4.78 is 0. The third-order valence-electron chi connectivity index (χ3n) is 3.05. The van der Waals surface area contributed by atoms with Crippen LogP contribution in [0.1, 0.15) is 52.9 Å². The number of aliphatic hydroxyl groups is 2. The number of rotatable bonds is 10. The van der Waals surface area contributed by atoms with Gasteiger partial charge in [-0.2, -0.15) is 0 Å². The highest BCUT2D eigenvalue weighted by Crippen LogP contribution is 2.09. The Morgan fingerprint density at radius 2 is 1.65 bits per heavy atom. The summed E-state index contributed by atoms with van der Waals surface area (Å²) in [6.07, 6.45) is 4.43. The van der Waals surface area contributed by atoms with Crippen LogP contribution < -0.4 is 0 Å². The smallest absolute Gasteiger partial charge is 0.0925 e. The molecular formula is C14H31NO2. The summed E-state index contributed by atoms with van der Waals surface area (Å²) in [7, 11) is 2.01. The molecule has 17 heavy (non-hydrogen) atoms. The molecule has 2 N–H and O–H groups in total. The van der Waals surface area contributed by atoms with E-state index in [1.807, 2.05) is 7.05 Å². The molecule has 2 atom stereocenters. The van der Waals surface area contributed by atoms with E-state index in [4.69, 9.17) is 0 Å². The number of aliphatic hydroxyl groups excluding tert-OH is 2. The molecule has 2 unspecified atom stereocenters. The van der Waals surface area contributed by atoms with Crippen LogP contribution in [0.15, 0.2) is 0 Å². The second-order valence-electron chi connectivity index (χ2n) is 5.59. The fourth-order valence-electron chi connectivity index (χ4n) is 1.98. The summed E-state index contributed by atoms with van der Waals surface area (Å²) in [5.41, 5.74) is 0. The van der Waals surface area contributed by atoms with Crippen LogP contribution in [0, 0.1) is 5.92 Å². The first kappa shape index (κ1) is 16.9. The Morgan fingerprint density at radius 3 is 2.18 bits per heavy atom. The summed E-state index contributed by atoms with van der Waals surface area (Å²) in [5.74, 6) is 0.425. The van der Waals surface area contributed by atoms with Gasteiger partial charge in [-0.05, 0) is 32.4 Å². The molecule has 0 aliphatic rings. The van der Waals surface area contributed by atoms with E-state index in [2.05, 4.69) is 25.7 Å². The van der Waals surface area contributed by atoms with Crippen LogP contribution in [0.5, 0.6) is 0 Å². The molecule has 0 aromatic heterocycles. The average Bonchev–Trinajstić information content (AvgIpc) is 2.23. The molecule has 0 saturated heterocycles. The SMILES string of the molecule is CCCCCCN(C)CC(O)C(O)CC(C)C. The van der Waals surface area contributed by atoms with E-state index in [9.17, 15) is 10.2 Å². The topological polar surface area (TPSA) is 43.7 Å². The number of likely N-dealkylation sites (N-methyl/N-ethyl adjacent to an activating group) is 1. The highest BCUT2D eigenvalue weighted by molar-refractivity contribution is 4.71. The van der Waals surface area contributed by atoms with Crippen molar-refractivity contribution in [1.82, 2.24) is 4.90 Å². The van der Waals surface area contributed by atoms with Gasteiger partial charge in [-0.25, -0.2) is 0 Å². The van der Waals surface area contributed by atoms with Gasteiger partial charge in [0, 0.05) is 6.54 Å². The lowest BCUT2D eigenvalue weighted by Crippen LogP contribution is -2.38. The predicted molar refractivity (Wildman–Crippen MR) is 73.1 cm³/mol. The lowest BCUT2D eigenvalue weighted by molar-refractivity contribution is -0.00839. The molecule has 0 saturated carbocycles. The Bertz CT molecular complexity index is 174. The highest BCUT2D eigenvalue weighted by Gasteiger charge is 2.18. The van der Waals surface area contributed by atoms with Crippen LogP contribution in [0.4, 0.5) is 0 Å². The molecule has 0 fully saturated rings. The van der Waals surface area contributed by atoms with E-state index in [0.717, 1.165) is 6.54 Å². The predicted octanol–water partition coefficient (Wildman–Crippen LogP) is 2.27. The third-order valence-corrected chi connectivity index (χ3v) is 3.05. The van der Waals surface area contributed by atoms with Gasteiger partial charge in [-0.1, -0.05) is 40.0 Å². The fraction of sp³-hybridized carbons (Fsp3) is 1.00. The average molecular weight is 245 g/mol. The second kappa shape index (κ2) is 9.86. The van der Waals surface area contributed by atoms with Gasteiger partial charge in [0.15, 0.2) is 0 Å². The Hall–Kier alpha value is -0.120. The summed E-state index contributed by atoms with van der Waals surface area (Å²) >= 11 is 0. The number of unbranched alkanes of at least 4 members (excludes halogenated alkanes) is 3. The van der Waals surface area contributed by atoms with E-state index >= 15 is 0 Å². The van der Waals surface area contributed by atoms with Crippen molar-refractivity contribution < 1.29 is 10.2 Å². The minimum atomic E-state index is -0.617. The first-order valence-electron chi connectivity index (χ1n) is 7.02. The van der Waals surface area contributed by atoms with Gasteiger partial charge in [-0.15, -0.1) is 0 Å². The van der Waals surface area contributed by atoms with Crippen molar-refractivity contribution in [3.8, 4) is 0 Å². The standard InChI is InChI=1S/C14H31NO2/c1-5-6-7-8-9-15(4)11-14(17)13(16)10-12(2)3/h12-14,16-17H,5-11H2,1-4H3. The molecule has 0 aromatic carbocycles. The molecule has 0 aromatic rings. The molecule has 0 spiro atoms. The minimum absolute atomic E-state index is 0.425. The molecule has 0 rings (SSSR count). The molecule has 104 valence electrons. The van der Waals surface area contributed by atoms with E-state index < -0.39 is 12.2 Å². The molecule has 0 heterocycles. The molecule has 0 aliphatic heterocycles. The van der Waals surface area contributed by atoms with Gasteiger partial charge in [0.05, 0.1) is 12.2 Å². The first-order valence-corrected chi connectivity index (χ1v) is 7.02. The van der Waals surface area contributed by atoms with Crippen molar-refractivity contribution in [3.05, 3.63) is 0 Å². The molecule has 0 bridgehead atoms. The Labute approximate surface area is 107 Å². The Morgan fingerprint density at radius 1 is 1.00 bits per heavy atom. The molecule has 0 aliphatic carbocycles. The number of nitrogens with zero attached hydrogens (tertiary/aromatic N) is 1. The maximum absolute atomic E-state index is 9.85. The maximum atomic E-state index is 9.85. The van der Waals surface area contributed by atoms with Gasteiger partial charge in [0.1, 0.15) is 0 Å². The second-order valence-corrected chi connectivity index (χ2v) is 5.59. The largest absolute Gasteiger partial charge is 0.390 e. The van der Waals surface area contributed by atoms with Gasteiger partial charge < -0.3 is 15.1 Å². The lowest BCUT2D eigenvalue weighted by atomic mass is 10.0. The highest BCUT2D eigenvalue weighted by atomic mass is 16.3. The fourth-order valence-corrected chi connectivity index (χ4v) is 1.98. The van der Waals surface area contributed by atoms with E-state index in [1.165, 1.54) is 25.7 Å². The summed E-state index contributed by atoms with van der Waals surface area (Å²) in [6, 6.07) is 0. The Kier molecular flexibility index (Phi) is 9.79. The maximum Gasteiger partial charge on any atom is 0.0925 e. The van der Waals surface area contributed by atoms with Crippen molar-refractivity contribution in [1.29, 1.82) is 0 Å². The normalized spacial score (nSPS) is 15.5. The van der Waals surface area contributed by atoms with E-state index in [-0.39, 0.29) is 0 Å². The zero-order valence-electron chi connectivity index (χ0n) is 12.0. The van der Waals surface area contributed by atoms with Crippen LogP contribution >= 0.6 is 0 Å². The van der Waals surface area contributed by atoms with Crippen LogP contribution in [-0.2, 0) is 0 Å². The summed E-state index contributed by atoms with van der Waals surface area (Å²) in [5, 5.41) is 19.6. The van der Waals surface area contributed by atoms with Crippen LogP contribution in [0.2, 0.25) is 0 Å². The molecule has 0 amide bonds. The van der Waals surface area contributed by atoms with Crippen LogP contribution in [-0.4, -0.2) is 47.5 Å². The number of hydrogen-bond donors (Lipinski definition) is 2. The van der Waals surface area contributed by atoms with Crippen molar-refractivity contribution in [2.75, 3.05) is 20.1 Å². The molecule has 3 nitrogen and oxygen atoms in total. The van der Waals surface area contributed by atoms with Crippen molar-refractivity contribution in [2.24, 2.45) is 5.92 Å². The zero-order chi connectivity index (χ0) is 13.3. The van der Waals surface area contributed by atoms with Gasteiger partial charge in [-0.3, -0.25) is 0 Å². The van der Waals surface area contributed by atoms with Gasteiger partial charge >= 0.3 is 0 Å². The minimum Gasteiger partial charge on any atom is -0.390 e.